The van der Waals surface area contributed by atoms with Crippen LogP contribution in [0.1, 0.15) is 22.5 Å². The van der Waals surface area contributed by atoms with Gasteiger partial charge in [0.2, 0.25) is 0 Å². The Morgan fingerprint density at radius 3 is 3.05 bits per heavy atom. The molecule has 0 aromatic carbocycles. The molecule has 0 saturated heterocycles. The van der Waals surface area contributed by atoms with Crippen LogP contribution in [0.3, 0.4) is 0 Å². The molecule has 0 spiro atoms. The predicted molar refractivity (Wildman–Crippen MR) is 71.0 cm³/mol. The number of nitrogens with zero attached hydrogens (tertiary/aromatic N) is 4. The van der Waals surface area contributed by atoms with Crippen LogP contribution < -0.4 is 5.32 Å². The highest BCUT2D eigenvalue weighted by molar-refractivity contribution is 6.33. The number of pyridine rings is 1. The summed E-state index contributed by atoms with van der Waals surface area (Å²) in [5.74, 6) is -0.212. The van der Waals surface area contributed by atoms with E-state index >= 15 is 0 Å². The summed E-state index contributed by atoms with van der Waals surface area (Å²) in [6.07, 6.45) is 5.66. The van der Waals surface area contributed by atoms with Gasteiger partial charge in [-0.1, -0.05) is 16.8 Å². The zero-order valence-corrected chi connectivity index (χ0v) is 11.3. The lowest BCUT2D eigenvalue weighted by Gasteiger charge is -2.06. The monoisotopic (exact) mass is 279 g/mol. The van der Waals surface area contributed by atoms with Crippen LogP contribution in [-0.2, 0) is 6.54 Å². The van der Waals surface area contributed by atoms with Crippen molar-refractivity contribution >= 4 is 17.5 Å². The normalized spacial score (nSPS) is 10.4. The summed E-state index contributed by atoms with van der Waals surface area (Å²) >= 11 is 6.00. The third-order valence-electron chi connectivity index (χ3n) is 2.56. The van der Waals surface area contributed by atoms with Gasteiger partial charge < -0.3 is 5.32 Å². The Bertz CT molecular complexity index is 555. The molecule has 7 heteroatoms. The number of halogens is 1. The minimum atomic E-state index is -0.212. The molecule has 100 valence electrons. The Morgan fingerprint density at radius 2 is 2.37 bits per heavy atom. The molecule has 0 aliphatic rings. The molecule has 0 atom stereocenters. The van der Waals surface area contributed by atoms with Crippen LogP contribution in [-0.4, -0.2) is 32.4 Å². The molecule has 0 fully saturated rings. The summed E-state index contributed by atoms with van der Waals surface area (Å²) in [6, 6.07) is 1.67. The summed E-state index contributed by atoms with van der Waals surface area (Å²) in [4.78, 5) is 15.9. The smallest absolute Gasteiger partial charge is 0.254 e. The second-order valence-electron chi connectivity index (χ2n) is 4.08. The Labute approximate surface area is 115 Å². The first-order chi connectivity index (χ1) is 9.16. The minimum absolute atomic E-state index is 0.212. The van der Waals surface area contributed by atoms with E-state index in [0.29, 0.717) is 23.7 Å². The van der Waals surface area contributed by atoms with E-state index in [2.05, 4.69) is 20.6 Å². The Kier molecular flexibility index (Phi) is 4.46. The van der Waals surface area contributed by atoms with Gasteiger partial charge in [-0.25, -0.2) is 0 Å². The summed E-state index contributed by atoms with van der Waals surface area (Å²) in [5, 5.41) is 10.8. The van der Waals surface area contributed by atoms with Crippen LogP contribution in [0.15, 0.2) is 24.7 Å². The molecule has 2 heterocycles. The first-order valence-corrected chi connectivity index (χ1v) is 6.29. The molecule has 1 amide bonds. The second kappa shape index (κ2) is 6.29. The summed E-state index contributed by atoms with van der Waals surface area (Å²) < 4.78 is 1.71. The highest BCUT2D eigenvalue weighted by Crippen LogP contribution is 2.15. The van der Waals surface area contributed by atoms with Gasteiger partial charge in [0.15, 0.2) is 0 Å². The summed E-state index contributed by atoms with van der Waals surface area (Å²) in [7, 11) is 0. The molecule has 0 unspecified atom stereocenters. The van der Waals surface area contributed by atoms with E-state index < -0.39 is 0 Å². The van der Waals surface area contributed by atoms with Gasteiger partial charge in [-0.05, 0) is 19.4 Å². The number of rotatable bonds is 5. The van der Waals surface area contributed by atoms with Crippen molar-refractivity contribution in [3.05, 3.63) is 40.9 Å². The van der Waals surface area contributed by atoms with Gasteiger partial charge >= 0.3 is 0 Å². The molecular weight excluding hydrogens is 266 g/mol. The zero-order valence-electron chi connectivity index (χ0n) is 10.5. The molecule has 2 aromatic heterocycles. The van der Waals surface area contributed by atoms with Gasteiger partial charge in [-0.3, -0.25) is 14.5 Å². The van der Waals surface area contributed by atoms with Gasteiger partial charge in [0.1, 0.15) is 0 Å². The van der Waals surface area contributed by atoms with Crippen LogP contribution in [0.2, 0.25) is 5.02 Å². The van der Waals surface area contributed by atoms with Crippen LogP contribution >= 0.6 is 11.6 Å². The summed E-state index contributed by atoms with van der Waals surface area (Å²) in [6.45, 7) is 3.08. The number of hydrogen-bond acceptors (Lipinski definition) is 4. The van der Waals surface area contributed by atoms with Crippen molar-refractivity contribution < 1.29 is 4.79 Å². The lowest BCUT2D eigenvalue weighted by Crippen LogP contribution is -2.25. The first kappa shape index (κ1) is 13.5. The zero-order chi connectivity index (χ0) is 13.7. The van der Waals surface area contributed by atoms with Crippen molar-refractivity contribution in [1.82, 2.24) is 25.3 Å². The van der Waals surface area contributed by atoms with E-state index in [4.69, 9.17) is 11.6 Å². The highest BCUT2D eigenvalue weighted by atomic mass is 35.5. The number of aromatic nitrogens is 4. The van der Waals surface area contributed by atoms with E-state index in [-0.39, 0.29) is 5.91 Å². The Morgan fingerprint density at radius 1 is 1.53 bits per heavy atom. The van der Waals surface area contributed by atoms with Gasteiger partial charge in [0.25, 0.3) is 5.91 Å². The highest BCUT2D eigenvalue weighted by Gasteiger charge is 2.10. The molecule has 0 radical (unpaired) electrons. The van der Waals surface area contributed by atoms with E-state index in [1.165, 1.54) is 6.20 Å². The quantitative estimate of drug-likeness (QED) is 0.841. The SMILES string of the molecule is Cc1cc(Cl)c(C(=O)NCCCn2ccnn2)cn1. The first-order valence-electron chi connectivity index (χ1n) is 5.91. The number of carbonyl (C=O) groups is 1. The maximum absolute atomic E-state index is 11.9. The van der Waals surface area contributed by atoms with Crippen LogP contribution in [0.25, 0.3) is 0 Å². The van der Waals surface area contributed by atoms with E-state index in [0.717, 1.165) is 12.1 Å². The molecular formula is C12H14ClN5O. The molecule has 0 saturated carbocycles. The van der Waals surface area contributed by atoms with Crippen molar-refractivity contribution in [3.63, 3.8) is 0 Å². The average Bonchev–Trinajstić information content (AvgIpc) is 2.87. The van der Waals surface area contributed by atoms with Gasteiger partial charge in [-0.2, -0.15) is 0 Å². The van der Waals surface area contributed by atoms with E-state index in [9.17, 15) is 4.79 Å². The molecule has 19 heavy (non-hydrogen) atoms. The fraction of sp³-hybridized carbons (Fsp3) is 0.333. The average molecular weight is 280 g/mol. The van der Waals surface area contributed by atoms with Crippen molar-refractivity contribution in [3.8, 4) is 0 Å². The van der Waals surface area contributed by atoms with Crippen LogP contribution in [0, 0.1) is 6.92 Å². The van der Waals surface area contributed by atoms with Crippen molar-refractivity contribution in [2.75, 3.05) is 6.54 Å². The van der Waals surface area contributed by atoms with Crippen molar-refractivity contribution in [2.24, 2.45) is 0 Å². The van der Waals surface area contributed by atoms with Gasteiger partial charge in [0, 0.05) is 31.2 Å². The molecule has 0 bridgehead atoms. The molecule has 1 N–H and O–H groups in total. The van der Waals surface area contributed by atoms with Crippen LogP contribution in [0.4, 0.5) is 0 Å². The Hall–Kier alpha value is -1.95. The topological polar surface area (TPSA) is 72.7 Å². The van der Waals surface area contributed by atoms with E-state index in [1.807, 2.05) is 6.92 Å². The minimum Gasteiger partial charge on any atom is -0.352 e. The van der Waals surface area contributed by atoms with Gasteiger partial charge in [-0.15, -0.1) is 5.10 Å². The third kappa shape index (κ3) is 3.75. The molecule has 2 aromatic rings. The number of amides is 1. The molecule has 6 nitrogen and oxygen atoms in total. The van der Waals surface area contributed by atoms with E-state index in [1.54, 1.807) is 23.1 Å². The van der Waals surface area contributed by atoms with Gasteiger partial charge in [0.05, 0.1) is 16.8 Å². The number of hydrogen-bond donors (Lipinski definition) is 1. The molecule has 0 aliphatic heterocycles. The maximum Gasteiger partial charge on any atom is 0.254 e. The second-order valence-corrected chi connectivity index (χ2v) is 4.49. The predicted octanol–water partition coefficient (Wildman–Crippen LogP) is 1.46. The number of aryl methyl sites for hydroxylation is 2. The fourth-order valence-corrected chi connectivity index (χ4v) is 1.88. The largest absolute Gasteiger partial charge is 0.352 e. The molecule has 2 rings (SSSR count). The summed E-state index contributed by atoms with van der Waals surface area (Å²) in [5.41, 5.74) is 1.18. The lowest BCUT2D eigenvalue weighted by molar-refractivity contribution is 0.0952. The number of carbonyl (C=O) groups excluding carboxylic acids is 1. The Balaban J connectivity index is 1.81. The van der Waals surface area contributed by atoms with Crippen molar-refractivity contribution in [1.29, 1.82) is 0 Å². The third-order valence-corrected chi connectivity index (χ3v) is 2.87. The number of nitrogens with one attached hydrogen (secondary N) is 1. The lowest BCUT2D eigenvalue weighted by atomic mass is 10.2. The van der Waals surface area contributed by atoms with Crippen molar-refractivity contribution in [2.45, 2.75) is 19.9 Å². The standard InChI is InChI=1S/C12H14ClN5O/c1-9-7-11(13)10(8-15-9)12(19)14-3-2-5-18-6-4-16-17-18/h4,6-8H,2-3,5H2,1H3,(H,14,19). The maximum atomic E-state index is 11.9. The fourth-order valence-electron chi connectivity index (χ4n) is 1.58. The van der Waals surface area contributed by atoms with Crippen LogP contribution in [0.5, 0.6) is 0 Å². The molecule has 0 aliphatic carbocycles.